The number of anilines is 1. The van der Waals surface area contributed by atoms with Gasteiger partial charge in [-0.15, -0.1) is 22.7 Å². The van der Waals surface area contributed by atoms with Crippen LogP contribution in [0.15, 0.2) is 83.3 Å². The Morgan fingerprint density at radius 1 is 0.970 bits per heavy atom. The molecule has 3 aromatic carbocycles. The van der Waals surface area contributed by atoms with Crippen LogP contribution in [0.3, 0.4) is 0 Å². The fraction of sp³-hybridized carbons (Fsp3) is 0.0800. The highest BCUT2D eigenvalue weighted by atomic mass is 35.5. The molecule has 4 nitrogen and oxygen atoms in total. The Labute approximate surface area is 208 Å². The number of carbonyl (C=O) groups excluding carboxylic acids is 1. The lowest BCUT2D eigenvalue weighted by Crippen LogP contribution is -2.11. The van der Waals surface area contributed by atoms with E-state index in [0.717, 1.165) is 36.6 Å². The van der Waals surface area contributed by atoms with Gasteiger partial charge in [-0.25, -0.2) is 9.97 Å². The standard InChI is InChI=1S/C25H18ClN3OS3/c26-20-6-2-1-5-18(20)13-19-14-27-24(32-19)29-23(30)17-11-9-16(10-12-17)15-31-25-28-21-7-3-4-8-22(21)33-25/h1-12,14H,13,15H2,(H,27,29,30). The van der Waals surface area contributed by atoms with Gasteiger partial charge < -0.3 is 0 Å². The maximum Gasteiger partial charge on any atom is 0.257 e. The second-order valence-corrected chi connectivity index (χ2v) is 11.1. The summed E-state index contributed by atoms with van der Waals surface area (Å²) >= 11 is 11.1. The first kappa shape index (κ1) is 22.1. The minimum absolute atomic E-state index is 0.168. The molecule has 0 bridgehead atoms. The Hall–Kier alpha value is -2.71. The summed E-state index contributed by atoms with van der Waals surface area (Å²) in [7, 11) is 0. The number of fused-ring (bicyclic) bond motifs is 1. The van der Waals surface area contributed by atoms with Gasteiger partial charge in [-0.05, 0) is 41.5 Å². The molecule has 0 fully saturated rings. The molecule has 5 rings (SSSR count). The normalized spacial score (nSPS) is 11.1. The summed E-state index contributed by atoms with van der Waals surface area (Å²) in [5.41, 5.74) is 3.83. The first-order chi connectivity index (χ1) is 16.1. The Morgan fingerprint density at radius 2 is 1.76 bits per heavy atom. The molecule has 0 saturated heterocycles. The van der Waals surface area contributed by atoms with E-state index in [1.165, 1.54) is 16.0 Å². The van der Waals surface area contributed by atoms with Crippen LogP contribution in [0.25, 0.3) is 10.2 Å². The third-order valence-corrected chi connectivity index (χ3v) is 8.48. The third-order valence-electron chi connectivity index (χ3n) is 4.95. The number of carbonyl (C=O) groups is 1. The van der Waals surface area contributed by atoms with Crippen LogP contribution in [-0.4, -0.2) is 15.9 Å². The number of aromatic nitrogens is 2. The van der Waals surface area contributed by atoms with Gasteiger partial charge in [-0.2, -0.15) is 0 Å². The minimum Gasteiger partial charge on any atom is -0.298 e. The molecule has 2 aromatic heterocycles. The SMILES string of the molecule is O=C(Nc1ncc(Cc2ccccc2Cl)s1)c1ccc(CSc2nc3ccccc3s2)cc1. The van der Waals surface area contributed by atoms with Crippen LogP contribution in [0.1, 0.15) is 26.4 Å². The summed E-state index contributed by atoms with van der Waals surface area (Å²) in [5, 5.41) is 4.21. The van der Waals surface area contributed by atoms with Crippen molar-refractivity contribution in [1.82, 2.24) is 9.97 Å². The van der Waals surface area contributed by atoms with Crippen molar-refractivity contribution in [3.8, 4) is 0 Å². The van der Waals surface area contributed by atoms with Crippen molar-refractivity contribution in [2.75, 3.05) is 5.32 Å². The number of amides is 1. The molecule has 0 spiro atoms. The van der Waals surface area contributed by atoms with Crippen molar-refractivity contribution < 1.29 is 4.79 Å². The van der Waals surface area contributed by atoms with Crippen molar-refractivity contribution in [3.63, 3.8) is 0 Å². The third kappa shape index (κ3) is 5.45. The van der Waals surface area contributed by atoms with Gasteiger partial charge in [-0.1, -0.05) is 65.8 Å². The first-order valence-electron chi connectivity index (χ1n) is 10.2. The van der Waals surface area contributed by atoms with E-state index in [-0.39, 0.29) is 5.91 Å². The lowest BCUT2D eigenvalue weighted by Gasteiger charge is -2.04. The lowest BCUT2D eigenvalue weighted by molar-refractivity contribution is 0.102. The molecule has 0 saturated carbocycles. The molecule has 2 heterocycles. The topological polar surface area (TPSA) is 54.9 Å². The second-order valence-electron chi connectivity index (χ2n) is 7.29. The number of halogens is 1. The molecule has 0 atom stereocenters. The van der Waals surface area contributed by atoms with E-state index in [4.69, 9.17) is 11.6 Å². The van der Waals surface area contributed by atoms with E-state index in [1.54, 1.807) is 29.3 Å². The van der Waals surface area contributed by atoms with Crippen molar-refractivity contribution in [2.45, 2.75) is 16.5 Å². The average molecular weight is 508 g/mol. The Balaban J connectivity index is 1.17. The zero-order valence-corrected chi connectivity index (χ0v) is 20.5. The number of nitrogens with one attached hydrogen (secondary N) is 1. The molecule has 33 heavy (non-hydrogen) atoms. The van der Waals surface area contributed by atoms with Gasteiger partial charge in [0.15, 0.2) is 9.47 Å². The molecular formula is C25H18ClN3OS3. The van der Waals surface area contributed by atoms with Crippen molar-refractivity contribution in [3.05, 3.63) is 106 Å². The Morgan fingerprint density at radius 3 is 2.58 bits per heavy atom. The van der Waals surface area contributed by atoms with E-state index in [9.17, 15) is 4.79 Å². The number of benzene rings is 3. The summed E-state index contributed by atoms with van der Waals surface area (Å²) in [6.07, 6.45) is 2.47. The molecule has 0 aliphatic heterocycles. The van der Waals surface area contributed by atoms with Crippen molar-refractivity contribution >= 4 is 67.3 Å². The summed E-state index contributed by atoms with van der Waals surface area (Å²) in [6, 6.07) is 23.6. The Bertz CT molecular complexity index is 1380. The fourth-order valence-corrected chi connectivity index (χ4v) is 6.31. The second kappa shape index (κ2) is 10.1. The van der Waals surface area contributed by atoms with E-state index in [0.29, 0.717) is 17.1 Å². The molecule has 0 aliphatic carbocycles. The van der Waals surface area contributed by atoms with Gasteiger partial charge in [0.1, 0.15) is 0 Å². The van der Waals surface area contributed by atoms with Crippen molar-refractivity contribution in [2.24, 2.45) is 0 Å². The number of hydrogen-bond acceptors (Lipinski definition) is 6. The highest BCUT2D eigenvalue weighted by Crippen LogP contribution is 2.31. The molecule has 0 unspecified atom stereocenters. The van der Waals surface area contributed by atoms with Gasteiger partial charge in [0.05, 0.1) is 10.2 Å². The number of rotatable bonds is 7. The summed E-state index contributed by atoms with van der Waals surface area (Å²) < 4.78 is 2.25. The van der Waals surface area contributed by atoms with Crippen LogP contribution in [-0.2, 0) is 12.2 Å². The van der Waals surface area contributed by atoms with Crippen LogP contribution >= 0.6 is 46.0 Å². The minimum atomic E-state index is -0.168. The highest BCUT2D eigenvalue weighted by molar-refractivity contribution is 8.00. The number of nitrogens with zero attached hydrogens (tertiary/aromatic N) is 2. The number of thiazole rings is 2. The van der Waals surface area contributed by atoms with E-state index < -0.39 is 0 Å². The monoisotopic (exact) mass is 507 g/mol. The zero-order valence-electron chi connectivity index (χ0n) is 17.3. The van der Waals surface area contributed by atoms with Crippen LogP contribution in [0.5, 0.6) is 0 Å². The van der Waals surface area contributed by atoms with Gasteiger partial charge in [0.25, 0.3) is 5.91 Å². The number of para-hydroxylation sites is 1. The van der Waals surface area contributed by atoms with Gasteiger partial charge in [0.2, 0.25) is 0 Å². The maximum absolute atomic E-state index is 12.6. The van der Waals surface area contributed by atoms with Gasteiger partial charge in [0, 0.05) is 33.8 Å². The van der Waals surface area contributed by atoms with E-state index in [2.05, 4.69) is 21.4 Å². The number of thioether (sulfide) groups is 1. The van der Waals surface area contributed by atoms with Crippen molar-refractivity contribution in [1.29, 1.82) is 0 Å². The van der Waals surface area contributed by atoms with Gasteiger partial charge in [-0.3, -0.25) is 10.1 Å². The zero-order chi connectivity index (χ0) is 22.6. The van der Waals surface area contributed by atoms with Crippen LogP contribution in [0, 0.1) is 0 Å². The van der Waals surface area contributed by atoms with Crippen LogP contribution in [0.4, 0.5) is 5.13 Å². The molecule has 1 amide bonds. The summed E-state index contributed by atoms with van der Waals surface area (Å²) in [5.74, 6) is 0.638. The fourth-order valence-electron chi connectivity index (χ4n) is 3.26. The average Bonchev–Trinajstić information content (AvgIpc) is 3.46. The molecular weight excluding hydrogens is 490 g/mol. The van der Waals surface area contributed by atoms with E-state index in [1.807, 2.05) is 66.7 Å². The Kier molecular flexibility index (Phi) is 6.73. The molecule has 164 valence electrons. The first-order valence-corrected chi connectivity index (χ1v) is 13.2. The largest absolute Gasteiger partial charge is 0.298 e. The molecule has 0 radical (unpaired) electrons. The van der Waals surface area contributed by atoms with E-state index >= 15 is 0 Å². The predicted molar refractivity (Wildman–Crippen MR) is 140 cm³/mol. The van der Waals surface area contributed by atoms with Crippen LogP contribution < -0.4 is 5.32 Å². The quantitative estimate of drug-likeness (QED) is 0.231. The van der Waals surface area contributed by atoms with Gasteiger partial charge >= 0.3 is 0 Å². The lowest BCUT2D eigenvalue weighted by atomic mass is 10.1. The summed E-state index contributed by atoms with van der Waals surface area (Å²) in [6.45, 7) is 0. The number of hydrogen-bond donors (Lipinski definition) is 1. The molecule has 5 aromatic rings. The molecule has 1 N–H and O–H groups in total. The predicted octanol–water partition coefficient (Wildman–Crippen LogP) is 7.54. The van der Waals surface area contributed by atoms with Crippen LogP contribution in [0.2, 0.25) is 5.02 Å². The molecule has 8 heteroatoms. The highest BCUT2D eigenvalue weighted by Gasteiger charge is 2.11. The smallest absolute Gasteiger partial charge is 0.257 e. The maximum atomic E-state index is 12.6. The molecule has 0 aliphatic rings. The summed E-state index contributed by atoms with van der Waals surface area (Å²) in [4.78, 5) is 22.7.